The number of hydrogen-bond acceptors (Lipinski definition) is 9. The summed E-state index contributed by atoms with van der Waals surface area (Å²) in [5.41, 5.74) is -1.19. The highest BCUT2D eigenvalue weighted by atomic mass is 32.2. The second-order valence-corrected chi connectivity index (χ2v) is 9.26. The van der Waals surface area contributed by atoms with E-state index in [0.717, 1.165) is 31.2 Å². The molecule has 0 aliphatic carbocycles. The molecular formula is C24H23NO9S. The minimum absolute atomic E-state index is 0.0442. The minimum atomic E-state index is -4.34. The van der Waals surface area contributed by atoms with Gasteiger partial charge in [0.2, 0.25) is 0 Å². The summed E-state index contributed by atoms with van der Waals surface area (Å²) in [6.07, 6.45) is 0. The number of fused-ring (bicyclic) bond motifs is 1. The molecule has 0 spiro atoms. The first-order valence-electron chi connectivity index (χ1n) is 10.2. The quantitative estimate of drug-likeness (QED) is 0.483. The third kappa shape index (κ3) is 4.62. The van der Waals surface area contributed by atoms with Crippen molar-refractivity contribution >= 4 is 39.4 Å². The van der Waals surface area contributed by atoms with Gasteiger partial charge in [0.25, 0.3) is 10.0 Å². The summed E-state index contributed by atoms with van der Waals surface area (Å²) in [7, 11) is -1.29. The number of benzene rings is 2. The van der Waals surface area contributed by atoms with Crippen LogP contribution in [0.4, 0.5) is 5.69 Å². The standard InChI is InChI=1S/C24H23NO9S/c1-14-9-11-15(12-10-14)35(30,31)25-13-17(22(27)32-2)19(23(28)33-3)20(24(29)34-4)21(26)16-7-5-6-8-18(16)25/h5-12,26H,13H2,1-4H3/b19-17-,21-20-. The lowest BCUT2D eigenvalue weighted by molar-refractivity contribution is -0.140. The van der Waals surface area contributed by atoms with E-state index in [1.165, 1.54) is 36.4 Å². The van der Waals surface area contributed by atoms with Crippen molar-refractivity contribution in [3.8, 4) is 0 Å². The summed E-state index contributed by atoms with van der Waals surface area (Å²) in [5.74, 6) is -4.21. The molecule has 0 atom stereocenters. The monoisotopic (exact) mass is 501 g/mol. The number of carbonyl (C=O) groups is 3. The molecule has 0 saturated carbocycles. The van der Waals surface area contributed by atoms with Crippen LogP contribution in [0.1, 0.15) is 11.1 Å². The lowest BCUT2D eigenvalue weighted by Crippen LogP contribution is -2.38. The molecule has 35 heavy (non-hydrogen) atoms. The molecule has 2 aromatic carbocycles. The zero-order valence-corrected chi connectivity index (χ0v) is 20.2. The maximum atomic E-state index is 13.8. The molecule has 0 unspecified atom stereocenters. The molecule has 0 fully saturated rings. The van der Waals surface area contributed by atoms with Gasteiger partial charge in [0.1, 0.15) is 11.3 Å². The summed E-state index contributed by atoms with van der Waals surface area (Å²) < 4.78 is 42.7. The van der Waals surface area contributed by atoms with Gasteiger partial charge in [-0.05, 0) is 31.2 Å². The van der Waals surface area contributed by atoms with Crippen LogP contribution in [0.3, 0.4) is 0 Å². The van der Waals surface area contributed by atoms with E-state index in [9.17, 15) is 27.9 Å². The minimum Gasteiger partial charge on any atom is -0.506 e. The molecule has 1 heterocycles. The fraction of sp³-hybridized carbons (Fsp3) is 0.208. The molecule has 10 nitrogen and oxygen atoms in total. The van der Waals surface area contributed by atoms with Crippen LogP contribution in [0.2, 0.25) is 0 Å². The van der Waals surface area contributed by atoms with Crippen molar-refractivity contribution in [2.45, 2.75) is 11.8 Å². The van der Waals surface area contributed by atoms with Gasteiger partial charge in [0.15, 0.2) is 0 Å². The van der Waals surface area contributed by atoms with Gasteiger partial charge in [-0.25, -0.2) is 22.8 Å². The molecule has 1 N–H and O–H groups in total. The average Bonchev–Trinajstić information content (AvgIpc) is 2.86. The van der Waals surface area contributed by atoms with Gasteiger partial charge in [-0.15, -0.1) is 0 Å². The summed E-state index contributed by atoms with van der Waals surface area (Å²) in [5, 5.41) is 11.2. The maximum Gasteiger partial charge on any atom is 0.342 e. The number of ether oxygens (including phenoxy) is 3. The zero-order valence-electron chi connectivity index (χ0n) is 19.4. The molecule has 0 bridgehead atoms. The number of sulfonamides is 1. The van der Waals surface area contributed by atoms with E-state index in [1.54, 1.807) is 19.1 Å². The number of anilines is 1. The molecule has 11 heteroatoms. The first kappa shape index (κ1) is 25.5. The lowest BCUT2D eigenvalue weighted by atomic mass is 9.93. The Morgan fingerprint density at radius 3 is 1.94 bits per heavy atom. The van der Waals surface area contributed by atoms with Crippen molar-refractivity contribution in [2.24, 2.45) is 0 Å². The van der Waals surface area contributed by atoms with E-state index in [4.69, 9.17) is 14.2 Å². The summed E-state index contributed by atoms with van der Waals surface area (Å²) in [6, 6.07) is 11.8. The molecule has 0 radical (unpaired) electrons. The molecule has 2 aromatic rings. The van der Waals surface area contributed by atoms with Crippen molar-refractivity contribution in [3.63, 3.8) is 0 Å². The largest absolute Gasteiger partial charge is 0.506 e. The van der Waals surface area contributed by atoms with Crippen LogP contribution in [-0.4, -0.2) is 59.3 Å². The fourth-order valence-corrected chi connectivity index (χ4v) is 5.02. The number of aliphatic hydroxyl groups is 1. The van der Waals surface area contributed by atoms with Crippen molar-refractivity contribution in [2.75, 3.05) is 32.2 Å². The molecule has 184 valence electrons. The number of rotatable bonds is 5. The normalized spacial score (nSPS) is 18.1. The molecule has 1 aliphatic rings. The highest BCUT2D eigenvalue weighted by Gasteiger charge is 2.39. The summed E-state index contributed by atoms with van der Waals surface area (Å²) >= 11 is 0. The maximum absolute atomic E-state index is 13.8. The molecule has 0 saturated heterocycles. The first-order chi connectivity index (χ1) is 16.6. The Kier molecular flexibility index (Phi) is 7.30. The predicted molar refractivity (Wildman–Crippen MR) is 125 cm³/mol. The Bertz CT molecular complexity index is 1360. The topological polar surface area (TPSA) is 137 Å². The number of hydrogen-bond donors (Lipinski definition) is 1. The third-order valence-electron chi connectivity index (χ3n) is 5.34. The van der Waals surface area contributed by atoms with Crippen molar-refractivity contribution in [3.05, 3.63) is 76.4 Å². The Morgan fingerprint density at radius 2 is 1.37 bits per heavy atom. The number of para-hydroxylation sites is 1. The van der Waals surface area contributed by atoms with Crippen LogP contribution in [0.15, 0.2) is 70.1 Å². The van der Waals surface area contributed by atoms with Gasteiger partial charge in [-0.3, -0.25) is 4.31 Å². The third-order valence-corrected chi connectivity index (χ3v) is 7.11. The van der Waals surface area contributed by atoms with Crippen LogP contribution < -0.4 is 4.31 Å². The van der Waals surface area contributed by atoms with Crippen molar-refractivity contribution < 1.29 is 42.1 Å². The Balaban J connectivity index is 2.47. The Labute approximate surface area is 202 Å². The fourth-order valence-electron chi connectivity index (χ4n) is 3.57. The van der Waals surface area contributed by atoms with E-state index >= 15 is 0 Å². The number of methoxy groups -OCH3 is 3. The van der Waals surface area contributed by atoms with Crippen LogP contribution in [0.5, 0.6) is 0 Å². The smallest absolute Gasteiger partial charge is 0.342 e. The van der Waals surface area contributed by atoms with Crippen LogP contribution in [0, 0.1) is 6.92 Å². The van der Waals surface area contributed by atoms with Crippen LogP contribution >= 0.6 is 0 Å². The lowest BCUT2D eigenvalue weighted by Gasteiger charge is -2.30. The number of nitrogens with zero attached hydrogens (tertiary/aromatic N) is 1. The summed E-state index contributed by atoms with van der Waals surface area (Å²) in [6.45, 7) is 1.08. The van der Waals surface area contributed by atoms with Crippen LogP contribution in [-0.2, 0) is 38.6 Å². The number of aryl methyl sites for hydroxylation is 1. The first-order valence-corrected chi connectivity index (χ1v) is 11.6. The van der Waals surface area contributed by atoms with E-state index in [2.05, 4.69) is 0 Å². The van der Waals surface area contributed by atoms with E-state index < -0.39 is 57.0 Å². The second-order valence-electron chi connectivity index (χ2n) is 7.39. The molecule has 3 rings (SSSR count). The van der Waals surface area contributed by atoms with Gasteiger partial charge in [-0.1, -0.05) is 29.8 Å². The SMILES string of the molecule is COC(=O)/C1=C(C(=O)OC)/C(C(=O)OC)=C(/O)c2ccccc2N(S(=O)(=O)c2ccc(C)cc2)C1. The Hall–Kier alpha value is -4.12. The molecule has 0 amide bonds. The van der Waals surface area contributed by atoms with Crippen LogP contribution in [0.25, 0.3) is 5.76 Å². The number of esters is 3. The van der Waals surface area contributed by atoms with Gasteiger partial charge in [0, 0.05) is 5.56 Å². The van der Waals surface area contributed by atoms with E-state index in [1.807, 2.05) is 0 Å². The van der Waals surface area contributed by atoms with E-state index in [-0.39, 0.29) is 16.1 Å². The average molecular weight is 502 g/mol. The van der Waals surface area contributed by atoms with E-state index in [0.29, 0.717) is 0 Å². The highest BCUT2D eigenvalue weighted by Crippen LogP contribution is 2.38. The van der Waals surface area contributed by atoms with Gasteiger partial charge in [0.05, 0.1) is 49.6 Å². The molecule has 1 aliphatic heterocycles. The molecular weight excluding hydrogens is 478 g/mol. The highest BCUT2D eigenvalue weighted by molar-refractivity contribution is 7.92. The second kappa shape index (κ2) is 10.0. The van der Waals surface area contributed by atoms with Gasteiger partial charge >= 0.3 is 17.9 Å². The van der Waals surface area contributed by atoms with Crippen molar-refractivity contribution in [1.82, 2.24) is 0 Å². The predicted octanol–water partition coefficient (Wildman–Crippen LogP) is 2.29. The zero-order chi connectivity index (χ0) is 25.9. The van der Waals surface area contributed by atoms with Crippen molar-refractivity contribution in [1.29, 1.82) is 0 Å². The number of carbonyl (C=O) groups excluding carboxylic acids is 3. The summed E-state index contributed by atoms with van der Waals surface area (Å²) in [4.78, 5) is 38.2. The van der Waals surface area contributed by atoms with Gasteiger partial charge < -0.3 is 19.3 Å². The number of aliphatic hydroxyl groups excluding tert-OH is 1. The Morgan fingerprint density at radius 1 is 0.829 bits per heavy atom. The molecule has 0 aromatic heterocycles. The van der Waals surface area contributed by atoms with Gasteiger partial charge in [-0.2, -0.15) is 0 Å².